The molecule has 0 aliphatic carbocycles. The Morgan fingerprint density at radius 2 is 2.05 bits per heavy atom. The fourth-order valence-electron chi connectivity index (χ4n) is 5.20. The van der Waals surface area contributed by atoms with Crippen LogP contribution in [0.3, 0.4) is 0 Å². The molecule has 236 valence electrons. The fraction of sp³-hybridized carbons (Fsp3) is 0.406. The zero-order valence-corrected chi connectivity index (χ0v) is 25.6. The molecule has 8 nitrogen and oxygen atoms in total. The molecule has 1 unspecified atom stereocenters. The highest BCUT2D eigenvalue weighted by Gasteiger charge is 2.40. The molecule has 4 rings (SSSR count). The van der Waals surface area contributed by atoms with E-state index in [1.54, 1.807) is 35.7 Å². The van der Waals surface area contributed by atoms with Gasteiger partial charge in [0.25, 0.3) is 0 Å². The first-order valence-corrected chi connectivity index (χ1v) is 14.4. The number of fused-ring (bicyclic) bond motifs is 1. The number of aryl methyl sites for hydroxylation is 1. The Balaban J connectivity index is 1.89. The Morgan fingerprint density at radius 1 is 1.32 bits per heavy atom. The lowest BCUT2D eigenvalue weighted by Gasteiger charge is -2.33. The van der Waals surface area contributed by atoms with E-state index >= 15 is 4.39 Å². The molecule has 0 radical (unpaired) electrons. The van der Waals surface area contributed by atoms with Crippen LogP contribution in [-0.2, 0) is 13.0 Å². The van der Waals surface area contributed by atoms with Crippen LogP contribution in [0.2, 0.25) is 0 Å². The van der Waals surface area contributed by atoms with Crippen molar-refractivity contribution < 1.29 is 22.3 Å². The van der Waals surface area contributed by atoms with Crippen LogP contribution in [0.4, 0.5) is 17.6 Å². The molecule has 1 atom stereocenters. The van der Waals surface area contributed by atoms with Crippen molar-refractivity contribution in [2.75, 3.05) is 20.2 Å². The highest BCUT2D eigenvalue weighted by atomic mass is 19.4. The van der Waals surface area contributed by atoms with Crippen LogP contribution in [0.15, 0.2) is 65.0 Å². The van der Waals surface area contributed by atoms with Crippen LogP contribution < -0.4 is 15.8 Å². The second-order valence-corrected chi connectivity index (χ2v) is 11.2. The lowest BCUT2D eigenvalue weighted by Crippen LogP contribution is -2.42. The fourth-order valence-corrected chi connectivity index (χ4v) is 5.20. The second-order valence-electron chi connectivity index (χ2n) is 11.2. The summed E-state index contributed by atoms with van der Waals surface area (Å²) in [7, 11) is 1.62. The number of likely N-dealkylation sites (N-methyl/N-ethyl adjacent to an activating group) is 1. The lowest BCUT2D eigenvalue weighted by molar-refractivity contribution is -0.0955. The van der Waals surface area contributed by atoms with Gasteiger partial charge in [-0.3, -0.25) is 5.41 Å². The average Bonchev–Trinajstić information content (AvgIpc) is 3.35. The number of rotatable bonds is 8. The number of halogens is 4. The van der Waals surface area contributed by atoms with Gasteiger partial charge in [-0.1, -0.05) is 38.6 Å². The van der Waals surface area contributed by atoms with E-state index in [1.165, 1.54) is 0 Å². The third-order valence-electron chi connectivity index (χ3n) is 7.50. The van der Waals surface area contributed by atoms with Crippen molar-refractivity contribution in [3.8, 4) is 11.4 Å². The molecule has 2 aromatic rings. The molecule has 12 heteroatoms. The molecule has 0 saturated heterocycles. The van der Waals surface area contributed by atoms with Crippen molar-refractivity contribution in [2.45, 2.75) is 59.4 Å². The number of aliphatic imine (C=N–C) groups is 1. The van der Waals surface area contributed by atoms with Gasteiger partial charge in [0.1, 0.15) is 23.1 Å². The number of aromatic nitrogens is 2. The molecule has 1 aromatic heterocycles. The number of nitrogens with one attached hydrogen (secondary N) is 2. The molecule has 3 heterocycles. The summed E-state index contributed by atoms with van der Waals surface area (Å²) in [6.07, 6.45) is -2.82. The number of benzene rings is 1. The highest BCUT2D eigenvalue weighted by Crippen LogP contribution is 2.37. The van der Waals surface area contributed by atoms with Crippen LogP contribution in [0, 0.1) is 18.3 Å². The standard InChI is InChI=1S/C32H39F4N7O/c1-7-25(37)22(30(38)39-6)13-20(5)28-23-16-42(31-24(33)14-21(15-40-31)32(34,35)36)12-11-26(23)41-43(28)29-19(4)9-8-10-27(29)44-17-18(2)3/h7-10,13,15,18,24H,5,11-12,14,16-17,37H2,1-4,6H3,(H2,38,39)/b22-13+,25-7+. The minimum Gasteiger partial charge on any atom is -0.491 e. The normalized spacial score (nSPS) is 17.7. The molecule has 0 bridgehead atoms. The molecule has 0 spiro atoms. The molecule has 4 N–H and O–H groups in total. The van der Waals surface area contributed by atoms with Gasteiger partial charge in [0.05, 0.1) is 23.6 Å². The third kappa shape index (κ3) is 6.74. The molecule has 2 aliphatic rings. The first kappa shape index (κ1) is 32.6. The minimum absolute atomic E-state index is 0.0452. The maximum absolute atomic E-state index is 15.2. The van der Waals surface area contributed by atoms with Crippen LogP contribution in [0.25, 0.3) is 11.3 Å². The predicted octanol–water partition coefficient (Wildman–Crippen LogP) is 6.16. The number of nitrogens with two attached hydrogens (primary N) is 1. The number of alkyl halides is 4. The number of hydrogen-bond donors (Lipinski definition) is 3. The first-order chi connectivity index (χ1) is 20.8. The van der Waals surface area contributed by atoms with E-state index < -0.39 is 24.3 Å². The van der Waals surface area contributed by atoms with E-state index in [9.17, 15) is 13.2 Å². The summed E-state index contributed by atoms with van der Waals surface area (Å²) in [6.45, 7) is 13.1. The van der Waals surface area contributed by atoms with Crippen molar-refractivity contribution >= 4 is 17.2 Å². The Hall–Kier alpha value is -4.35. The van der Waals surface area contributed by atoms with Crippen LogP contribution in [0.5, 0.6) is 5.75 Å². The zero-order chi connectivity index (χ0) is 32.3. The van der Waals surface area contributed by atoms with Crippen LogP contribution in [0.1, 0.15) is 49.7 Å². The summed E-state index contributed by atoms with van der Waals surface area (Å²) in [4.78, 5) is 5.58. The van der Waals surface area contributed by atoms with Gasteiger partial charge in [-0.2, -0.15) is 18.3 Å². The molecule has 0 fully saturated rings. The smallest absolute Gasteiger partial charge is 0.414 e. The first-order valence-electron chi connectivity index (χ1n) is 14.4. The predicted molar refractivity (Wildman–Crippen MR) is 166 cm³/mol. The van der Waals surface area contributed by atoms with Crippen LogP contribution >= 0.6 is 0 Å². The van der Waals surface area contributed by atoms with Crippen molar-refractivity contribution in [1.29, 1.82) is 5.41 Å². The van der Waals surface area contributed by atoms with E-state index in [0.29, 0.717) is 59.7 Å². The van der Waals surface area contributed by atoms with E-state index in [4.69, 9.17) is 21.0 Å². The monoisotopic (exact) mass is 613 g/mol. The highest BCUT2D eigenvalue weighted by molar-refractivity contribution is 6.02. The summed E-state index contributed by atoms with van der Waals surface area (Å²) < 4.78 is 62.8. The van der Waals surface area contributed by atoms with Gasteiger partial charge in [0, 0.05) is 56.0 Å². The third-order valence-corrected chi connectivity index (χ3v) is 7.50. The summed E-state index contributed by atoms with van der Waals surface area (Å²) in [6, 6.07) is 5.72. The van der Waals surface area contributed by atoms with Gasteiger partial charge in [-0.05, 0) is 43.0 Å². The number of hydrogen-bond acceptors (Lipinski definition) is 6. The van der Waals surface area contributed by atoms with Gasteiger partial charge in [0.15, 0.2) is 6.17 Å². The number of amidine groups is 2. The second kappa shape index (κ2) is 13.1. The maximum atomic E-state index is 15.2. The van der Waals surface area contributed by atoms with Gasteiger partial charge in [-0.15, -0.1) is 0 Å². The van der Waals surface area contributed by atoms with E-state index in [2.05, 4.69) is 30.7 Å². The Kier molecular flexibility index (Phi) is 9.70. The van der Waals surface area contributed by atoms with Gasteiger partial charge in [0.2, 0.25) is 0 Å². The summed E-state index contributed by atoms with van der Waals surface area (Å²) in [5.74, 6) is 0.936. The number of allylic oxidation sites excluding steroid dienone is 4. The molecule has 1 aromatic carbocycles. The largest absolute Gasteiger partial charge is 0.491 e. The SMILES string of the molecule is C=C(/C=C(C(=N)NC)\C(N)=C/C)c1c2c(nn1-c1c(C)cccc1OCC(C)C)CCN(C1=NC=C(C(F)(F)F)CC1F)C2. The number of ether oxygens (including phenoxy) is 1. The maximum Gasteiger partial charge on any atom is 0.414 e. The minimum atomic E-state index is -4.64. The Morgan fingerprint density at radius 3 is 2.66 bits per heavy atom. The van der Waals surface area contributed by atoms with Crippen molar-refractivity contribution in [3.63, 3.8) is 0 Å². The topological polar surface area (TPSA) is 105 Å². The Bertz CT molecular complexity index is 1560. The lowest BCUT2D eigenvalue weighted by atomic mass is 9.97. The summed E-state index contributed by atoms with van der Waals surface area (Å²) in [5, 5.41) is 16.2. The quantitative estimate of drug-likeness (QED) is 0.143. The molecular formula is C32H39F4N7O. The van der Waals surface area contributed by atoms with Gasteiger partial charge in [-0.25, -0.2) is 14.1 Å². The molecule has 0 saturated carbocycles. The number of nitrogens with zero attached hydrogens (tertiary/aromatic N) is 4. The van der Waals surface area contributed by atoms with Crippen molar-refractivity contribution in [3.05, 3.63) is 82.5 Å². The molecule has 2 aliphatic heterocycles. The average molecular weight is 614 g/mol. The van der Waals surface area contributed by atoms with Crippen molar-refractivity contribution in [2.24, 2.45) is 16.6 Å². The van der Waals surface area contributed by atoms with Crippen LogP contribution in [-0.4, -0.2) is 58.9 Å². The van der Waals surface area contributed by atoms with Crippen molar-refractivity contribution in [1.82, 2.24) is 20.0 Å². The zero-order valence-electron chi connectivity index (χ0n) is 25.6. The summed E-state index contributed by atoms with van der Waals surface area (Å²) >= 11 is 0. The summed E-state index contributed by atoms with van der Waals surface area (Å²) in [5.41, 5.74) is 10.2. The number of para-hydroxylation sites is 1. The molecule has 0 amide bonds. The molecular weight excluding hydrogens is 574 g/mol. The van der Waals surface area contributed by atoms with E-state index in [1.807, 2.05) is 25.1 Å². The van der Waals surface area contributed by atoms with E-state index in [0.717, 1.165) is 16.8 Å². The van der Waals surface area contributed by atoms with E-state index in [-0.39, 0.29) is 24.1 Å². The van der Waals surface area contributed by atoms with Gasteiger partial charge >= 0.3 is 6.18 Å². The van der Waals surface area contributed by atoms with Gasteiger partial charge < -0.3 is 20.7 Å². The molecule has 44 heavy (non-hydrogen) atoms. The Labute approximate surface area is 255 Å².